The Balaban J connectivity index is 2.36. The molecule has 0 aliphatic heterocycles. The van der Waals surface area contributed by atoms with Crippen molar-refractivity contribution in [2.24, 2.45) is 0 Å². The van der Waals surface area contributed by atoms with Crippen LogP contribution in [-0.4, -0.2) is 18.8 Å². The third kappa shape index (κ3) is 4.66. The number of ether oxygens (including phenoxy) is 2. The predicted molar refractivity (Wildman–Crippen MR) is 93.4 cm³/mol. The van der Waals surface area contributed by atoms with Gasteiger partial charge in [0, 0.05) is 5.56 Å². The minimum atomic E-state index is -0.321. The smallest absolute Gasteiger partial charge is 0.131 e. The molecule has 2 rings (SSSR count). The highest BCUT2D eigenvalue weighted by Crippen LogP contribution is 2.31. The Bertz CT molecular complexity index is 719. The molecule has 0 saturated carbocycles. The van der Waals surface area contributed by atoms with Gasteiger partial charge in [-0.25, -0.2) is 4.39 Å². The molecule has 0 heterocycles. The van der Waals surface area contributed by atoms with E-state index >= 15 is 0 Å². The fraction of sp³-hybridized carbons (Fsp3) is 0.300. The first kappa shape index (κ1) is 18.2. The summed E-state index contributed by atoms with van der Waals surface area (Å²) in [5, 5.41) is 9.36. The Labute approximate surface area is 142 Å². The minimum Gasteiger partial charge on any atom is -0.497 e. The van der Waals surface area contributed by atoms with Gasteiger partial charge in [0.05, 0.1) is 26.9 Å². The molecule has 0 aliphatic carbocycles. The topological polar surface area (TPSA) is 38.7 Å². The van der Waals surface area contributed by atoms with E-state index in [4.69, 9.17) is 9.47 Å². The van der Waals surface area contributed by atoms with Crippen LogP contribution in [0.3, 0.4) is 0 Å². The molecule has 24 heavy (non-hydrogen) atoms. The molecule has 4 heteroatoms. The molecule has 0 unspecified atom stereocenters. The molecule has 2 aromatic carbocycles. The summed E-state index contributed by atoms with van der Waals surface area (Å²) in [6.45, 7) is 4.77. The number of methoxy groups -OCH3 is 1. The summed E-state index contributed by atoms with van der Waals surface area (Å²) in [4.78, 5) is 0. The molecule has 0 aliphatic rings. The third-order valence-corrected chi connectivity index (χ3v) is 3.68. The summed E-state index contributed by atoms with van der Waals surface area (Å²) in [5.41, 5.74) is 3.97. The van der Waals surface area contributed by atoms with E-state index in [1.165, 1.54) is 11.6 Å². The van der Waals surface area contributed by atoms with Crippen molar-refractivity contribution in [1.29, 1.82) is 0 Å². The van der Waals surface area contributed by atoms with Gasteiger partial charge >= 0.3 is 0 Å². The minimum absolute atomic E-state index is 0.0676. The van der Waals surface area contributed by atoms with Gasteiger partial charge in [0.25, 0.3) is 0 Å². The van der Waals surface area contributed by atoms with Gasteiger partial charge in [-0.15, -0.1) is 0 Å². The zero-order valence-electron chi connectivity index (χ0n) is 14.3. The lowest BCUT2D eigenvalue weighted by Crippen LogP contribution is -1.99. The number of hydrogen-bond donors (Lipinski definition) is 1. The molecule has 0 amide bonds. The van der Waals surface area contributed by atoms with E-state index in [2.05, 4.69) is 0 Å². The van der Waals surface area contributed by atoms with E-state index in [1.807, 2.05) is 32.1 Å². The quantitative estimate of drug-likeness (QED) is 0.601. The van der Waals surface area contributed by atoms with Crippen LogP contribution in [0.1, 0.15) is 25.0 Å². The number of aliphatic hydroxyl groups excluding tert-OH is 1. The van der Waals surface area contributed by atoms with Crippen LogP contribution in [0.5, 0.6) is 5.75 Å². The van der Waals surface area contributed by atoms with Gasteiger partial charge < -0.3 is 14.6 Å². The van der Waals surface area contributed by atoms with Crippen LogP contribution in [-0.2, 0) is 18.0 Å². The lowest BCUT2D eigenvalue weighted by Gasteiger charge is -2.13. The third-order valence-electron chi connectivity index (χ3n) is 3.68. The predicted octanol–water partition coefficient (Wildman–Crippen LogP) is 4.48. The average molecular weight is 330 g/mol. The summed E-state index contributed by atoms with van der Waals surface area (Å²) in [7, 11) is 1.55. The number of aliphatic hydroxyl groups is 1. The summed E-state index contributed by atoms with van der Waals surface area (Å²) in [5.74, 6) is 0.271. The van der Waals surface area contributed by atoms with E-state index in [0.29, 0.717) is 24.5 Å². The number of rotatable bonds is 7. The zero-order chi connectivity index (χ0) is 17.5. The van der Waals surface area contributed by atoms with Gasteiger partial charge in [-0.1, -0.05) is 29.8 Å². The van der Waals surface area contributed by atoms with Crippen LogP contribution in [0.4, 0.5) is 4.39 Å². The largest absolute Gasteiger partial charge is 0.497 e. The Morgan fingerprint density at radius 1 is 1.12 bits per heavy atom. The summed E-state index contributed by atoms with van der Waals surface area (Å²) in [6, 6.07) is 10.1. The van der Waals surface area contributed by atoms with Crippen molar-refractivity contribution >= 4 is 0 Å². The van der Waals surface area contributed by atoms with Crippen LogP contribution in [0, 0.1) is 5.82 Å². The monoisotopic (exact) mass is 330 g/mol. The van der Waals surface area contributed by atoms with Crippen molar-refractivity contribution in [2.75, 3.05) is 13.7 Å². The van der Waals surface area contributed by atoms with Gasteiger partial charge in [-0.3, -0.25) is 0 Å². The van der Waals surface area contributed by atoms with Crippen LogP contribution < -0.4 is 4.74 Å². The van der Waals surface area contributed by atoms with E-state index in [9.17, 15) is 9.50 Å². The summed E-state index contributed by atoms with van der Waals surface area (Å²) >= 11 is 0. The summed E-state index contributed by atoms with van der Waals surface area (Å²) in [6.07, 6.45) is 1.99. The van der Waals surface area contributed by atoms with Crippen molar-refractivity contribution in [3.05, 3.63) is 65.0 Å². The fourth-order valence-electron chi connectivity index (χ4n) is 2.36. The SMILES string of the molecule is COc1ccc(F)c(-c2ccc(CO)cc2COCC=C(C)C)c1. The van der Waals surface area contributed by atoms with Crippen LogP contribution in [0.25, 0.3) is 11.1 Å². The molecule has 128 valence electrons. The van der Waals surface area contributed by atoms with E-state index in [1.54, 1.807) is 25.3 Å². The first-order valence-electron chi connectivity index (χ1n) is 7.83. The molecule has 0 aromatic heterocycles. The molecule has 0 bridgehead atoms. The molecular formula is C20H23FO3. The molecule has 1 N–H and O–H groups in total. The molecule has 0 spiro atoms. The Hall–Kier alpha value is -2.17. The lowest BCUT2D eigenvalue weighted by molar-refractivity contribution is 0.148. The van der Waals surface area contributed by atoms with Crippen LogP contribution >= 0.6 is 0 Å². The van der Waals surface area contributed by atoms with Crippen molar-refractivity contribution in [1.82, 2.24) is 0 Å². The second-order valence-electron chi connectivity index (χ2n) is 5.79. The molecule has 0 atom stereocenters. The Kier molecular flexibility index (Phi) is 6.53. The number of benzene rings is 2. The maximum Gasteiger partial charge on any atom is 0.131 e. The van der Waals surface area contributed by atoms with Crippen LogP contribution in [0.2, 0.25) is 0 Å². The number of hydrogen-bond acceptors (Lipinski definition) is 3. The lowest BCUT2D eigenvalue weighted by atomic mass is 9.97. The summed E-state index contributed by atoms with van der Waals surface area (Å²) < 4.78 is 25.2. The Morgan fingerprint density at radius 3 is 2.58 bits per heavy atom. The molecule has 0 saturated heterocycles. The van der Waals surface area contributed by atoms with Gasteiger partial charge in [0.2, 0.25) is 0 Å². The van der Waals surface area contributed by atoms with Crippen molar-refractivity contribution in [2.45, 2.75) is 27.1 Å². The zero-order valence-corrected chi connectivity index (χ0v) is 14.3. The highest BCUT2D eigenvalue weighted by molar-refractivity contribution is 5.69. The molecule has 0 radical (unpaired) electrons. The van der Waals surface area contributed by atoms with E-state index < -0.39 is 0 Å². The average Bonchev–Trinajstić information content (AvgIpc) is 2.59. The van der Waals surface area contributed by atoms with Crippen molar-refractivity contribution in [3.63, 3.8) is 0 Å². The molecule has 2 aromatic rings. The standard InChI is InChI=1S/C20H23FO3/c1-14(2)8-9-24-13-16-10-15(12-22)4-6-18(16)19-11-17(23-3)5-7-20(19)21/h4-8,10-11,22H,9,12-13H2,1-3H3. The first-order chi connectivity index (χ1) is 11.5. The normalized spacial score (nSPS) is 10.5. The van der Waals surface area contributed by atoms with Crippen molar-refractivity contribution < 1.29 is 19.0 Å². The van der Waals surface area contributed by atoms with Crippen LogP contribution in [0.15, 0.2) is 48.0 Å². The highest BCUT2D eigenvalue weighted by atomic mass is 19.1. The maximum absolute atomic E-state index is 14.3. The number of halogens is 1. The maximum atomic E-state index is 14.3. The van der Waals surface area contributed by atoms with Gasteiger partial charge in [0.1, 0.15) is 11.6 Å². The molecule has 3 nitrogen and oxygen atoms in total. The number of allylic oxidation sites excluding steroid dienone is 1. The van der Waals surface area contributed by atoms with E-state index in [0.717, 1.165) is 16.7 Å². The van der Waals surface area contributed by atoms with Gasteiger partial charge in [-0.05, 0) is 48.7 Å². The van der Waals surface area contributed by atoms with Gasteiger partial charge in [-0.2, -0.15) is 0 Å². The van der Waals surface area contributed by atoms with Crippen molar-refractivity contribution in [3.8, 4) is 16.9 Å². The highest BCUT2D eigenvalue weighted by Gasteiger charge is 2.12. The second-order valence-corrected chi connectivity index (χ2v) is 5.79. The van der Waals surface area contributed by atoms with Gasteiger partial charge in [0.15, 0.2) is 0 Å². The first-order valence-corrected chi connectivity index (χ1v) is 7.83. The molecular weight excluding hydrogens is 307 g/mol. The second kappa shape index (κ2) is 8.62. The molecule has 0 fully saturated rings. The van der Waals surface area contributed by atoms with E-state index in [-0.39, 0.29) is 12.4 Å². The Morgan fingerprint density at radius 2 is 1.92 bits per heavy atom. The fourth-order valence-corrected chi connectivity index (χ4v) is 2.36.